The molecule has 1 aliphatic rings. The molecule has 0 spiro atoms. The molecule has 9 heteroatoms. The number of fused-ring (bicyclic) bond motifs is 1. The standard InChI is InChI=1S/C22H28FN5O2S/c1-12(2)26-17-9-20(28-14-6-7-16-18(8-14)31-13(3)27-16)24-10-15(17)21(29)25-11-19(23)22(4,5)30/h6-10,12,19,27,30H,3,11H2,1-2,4-5H3,(H,25,29)(H2,24,26,28)/t19-/m1/s1. The van der Waals surface area contributed by atoms with Crippen LogP contribution in [0.1, 0.15) is 38.1 Å². The zero-order chi connectivity index (χ0) is 22.8. The van der Waals surface area contributed by atoms with Crippen molar-refractivity contribution in [3.8, 4) is 0 Å². The Morgan fingerprint density at radius 1 is 1.35 bits per heavy atom. The van der Waals surface area contributed by atoms with Crippen LogP contribution in [-0.2, 0) is 0 Å². The van der Waals surface area contributed by atoms with Gasteiger partial charge in [-0.3, -0.25) is 4.79 Å². The highest BCUT2D eigenvalue weighted by atomic mass is 32.2. The predicted octanol–water partition coefficient (Wildman–Crippen LogP) is 4.47. The van der Waals surface area contributed by atoms with Crippen LogP contribution in [-0.4, -0.2) is 40.4 Å². The van der Waals surface area contributed by atoms with Gasteiger partial charge in [0, 0.05) is 28.9 Å². The summed E-state index contributed by atoms with van der Waals surface area (Å²) in [5.74, 6) is 0.0990. The van der Waals surface area contributed by atoms with Crippen molar-refractivity contribution >= 4 is 40.5 Å². The SMILES string of the molecule is C=C1Nc2ccc(Nc3cc(NC(C)C)c(C(=O)NC[C@@H](F)C(C)(C)O)cn3)cc2S1. The molecule has 0 unspecified atom stereocenters. The van der Waals surface area contributed by atoms with E-state index in [9.17, 15) is 14.3 Å². The first kappa shape index (κ1) is 22.9. The van der Waals surface area contributed by atoms with E-state index in [1.165, 1.54) is 20.0 Å². The van der Waals surface area contributed by atoms with Crippen LogP contribution < -0.4 is 21.3 Å². The summed E-state index contributed by atoms with van der Waals surface area (Å²) in [6, 6.07) is 7.71. The van der Waals surface area contributed by atoms with Gasteiger partial charge in [-0.25, -0.2) is 9.37 Å². The zero-order valence-corrected chi connectivity index (χ0v) is 18.9. The van der Waals surface area contributed by atoms with E-state index in [-0.39, 0.29) is 12.6 Å². The Morgan fingerprint density at radius 3 is 2.77 bits per heavy atom. The minimum absolute atomic E-state index is 0.0700. The van der Waals surface area contributed by atoms with Gasteiger partial charge in [0.25, 0.3) is 5.91 Å². The lowest BCUT2D eigenvalue weighted by Crippen LogP contribution is -2.42. The number of nitrogens with zero attached hydrogens (tertiary/aromatic N) is 1. The second-order valence-corrected chi connectivity index (χ2v) is 9.37. The van der Waals surface area contributed by atoms with Gasteiger partial charge in [-0.2, -0.15) is 0 Å². The molecule has 5 N–H and O–H groups in total. The summed E-state index contributed by atoms with van der Waals surface area (Å²) in [7, 11) is 0. The van der Waals surface area contributed by atoms with E-state index in [2.05, 4.69) is 32.8 Å². The molecule has 0 saturated heterocycles. The van der Waals surface area contributed by atoms with Crippen molar-refractivity contribution in [2.24, 2.45) is 0 Å². The fourth-order valence-electron chi connectivity index (χ4n) is 2.91. The number of halogens is 1. The number of carbonyl (C=O) groups excluding carboxylic acids is 1. The van der Waals surface area contributed by atoms with Crippen molar-refractivity contribution in [2.45, 2.75) is 50.4 Å². The number of pyridine rings is 1. The molecule has 7 nitrogen and oxygen atoms in total. The minimum atomic E-state index is -1.59. The molecule has 1 aromatic heterocycles. The zero-order valence-electron chi connectivity index (χ0n) is 18.0. The molecule has 2 aromatic rings. The Hall–Kier alpha value is -2.78. The molecule has 166 valence electrons. The maximum atomic E-state index is 14.0. The molecular weight excluding hydrogens is 417 g/mol. The smallest absolute Gasteiger partial charge is 0.255 e. The van der Waals surface area contributed by atoms with Gasteiger partial charge in [0.05, 0.1) is 34.1 Å². The first-order chi connectivity index (χ1) is 14.5. The summed E-state index contributed by atoms with van der Waals surface area (Å²) >= 11 is 1.56. The van der Waals surface area contributed by atoms with Crippen LogP contribution in [0.4, 0.5) is 27.3 Å². The lowest BCUT2D eigenvalue weighted by molar-refractivity contribution is -0.00177. The molecule has 0 radical (unpaired) electrons. The Labute approximate surface area is 185 Å². The topological polar surface area (TPSA) is 98.3 Å². The van der Waals surface area contributed by atoms with E-state index in [4.69, 9.17) is 0 Å². The number of aromatic nitrogens is 1. The number of anilines is 4. The van der Waals surface area contributed by atoms with Gasteiger partial charge in [-0.1, -0.05) is 18.3 Å². The van der Waals surface area contributed by atoms with Crippen LogP contribution >= 0.6 is 11.8 Å². The third-order valence-corrected chi connectivity index (χ3v) is 5.47. The summed E-state index contributed by atoms with van der Waals surface area (Å²) < 4.78 is 14.0. The fraction of sp³-hybridized carbons (Fsp3) is 0.364. The van der Waals surface area contributed by atoms with Crippen LogP contribution in [0.25, 0.3) is 0 Å². The van der Waals surface area contributed by atoms with Crippen LogP contribution in [0.15, 0.2) is 47.0 Å². The molecule has 2 heterocycles. The van der Waals surface area contributed by atoms with E-state index < -0.39 is 17.7 Å². The first-order valence-corrected chi connectivity index (χ1v) is 10.8. The van der Waals surface area contributed by atoms with E-state index >= 15 is 0 Å². The van der Waals surface area contributed by atoms with Gasteiger partial charge in [0.15, 0.2) is 0 Å². The third-order valence-electron chi connectivity index (χ3n) is 4.56. The van der Waals surface area contributed by atoms with Crippen molar-refractivity contribution in [2.75, 3.05) is 22.5 Å². The maximum absolute atomic E-state index is 14.0. The summed E-state index contributed by atoms with van der Waals surface area (Å²) in [4.78, 5) is 18.0. The van der Waals surface area contributed by atoms with Crippen LogP contribution in [0.3, 0.4) is 0 Å². The first-order valence-electron chi connectivity index (χ1n) is 9.99. The van der Waals surface area contributed by atoms with Crippen molar-refractivity contribution in [1.82, 2.24) is 10.3 Å². The quantitative estimate of drug-likeness (QED) is 0.409. The fourth-order valence-corrected chi connectivity index (χ4v) is 3.75. The monoisotopic (exact) mass is 445 g/mol. The number of alkyl halides is 1. The number of hydrogen-bond donors (Lipinski definition) is 5. The highest BCUT2D eigenvalue weighted by Gasteiger charge is 2.27. The molecule has 31 heavy (non-hydrogen) atoms. The highest BCUT2D eigenvalue weighted by Crippen LogP contribution is 2.41. The van der Waals surface area contributed by atoms with Gasteiger partial charge >= 0.3 is 0 Å². The number of hydrogen-bond acceptors (Lipinski definition) is 7. The third kappa shape index (κ3) is 5.89. The number of amides is 1. The van der Waals surface area contributed by atoms with E-state index in [0.29, 0.717) is 17.1 Å². The number of nitrogens with one attached hydrogen (secondary N) is 4. The molecule has 0 saturated carbocycles. The maximum Gasteiger partial charge on any atom is 0.255 e. The normalized spacial score (nSPS) is 14.1. The van der Waals surface area contributed by atoms with Gasteiger partial charge in [-0.05, 0) is 45.9 Å². The Kier molecular flexibility index (Phi) is 6.76. The van der Waals surface area contributed by atoms with E-state index in [1.54, 1.807) is 17.8 Å². The summed E-state index contributed by atoms with van der Waals surface area (Å²) in [5.41, 5.74) is 1.21. The molecule has 3 rings (SSSR count). The molecule has 0 fully saturated rings. The van der Waals surface area contributed by atoms with Gasteiger partial charge in [0.2, 0.25) is 0 Å². The Balaban J connectivity index is 1.77. The molecular formula is C22H28FN5O2S. The average Bonchev–Trinajstić information content (AvgIpc) is 3.04. The van der Waals surface area contributed by atoms with Crippen molar-refractivity contribution in [1.29, 1.82) is 0 Å². The van der Waals surface area contributed by atoms with E-state index in [0.717, 1.165) is 21.3 Å². The predicted molar refractivity (Wildman–Crippen MR) is 125 cm³/mol. The number of aliphatic hydroxyl groups is 1. The second-order valence-electron chi connectivity index (χ2n) is 8.23. The van der Waals surface area contributed by atoms with Crippen molar-refractivity contribution in [3.05, 3.63) is 47.6 Å². The molecule has 1 aromatic carbocycles. The van der Waals surface area contributed by atoms with Crippen LogP contribution in [0, 0.1) is 0 Å². The molecule has 0 aliphatic carbocycles. The van der Waals surface area contributed by atoms with Crippen LogP contribution in [0.2, 0.25) is 0 Å². The second kappa shape index (κ2) is 9.15. The molecule has 1 aliphatic heterocycles. The number of carbonyl (C=O) groups is 1. The number of thioether (sulfide) groups is 1. The van der Waals surface area contributed by atoms with Gasteiger partial charge < -0.3 is 26.4 Å². The summed E-state index contributed by atoms with van der Waals surface area (Å²) in [6.45, 7) is 10.3. The van der Waals surface area contributed by atoms with Crippen LogP contribution in [0.5, 0.6) is 0 Å². The van der Waals surface area contributed by atoms with Gasteiger partial charge in [-0.15, -0.1) is 0 Å². The highest BCUT2D eigenvalue weighted by molar-refractivity contribution is 8.03. The lowest BCUT2D eigenvalue weighted by atomic mass is 10.0. The average molecular weight is 446 g/mol. The molecule has 1 atom stereocenters. The van der Waals surface area contributed by atoms with Crippen molar-refractivity contribution < 1.29 is 14.3 Å². The molecule has 0 bridgehead atoms. The Bertz CT molecular complexity index is 990. The summed E-state index contributed by atoms with van der Waals surface area (Å²) in [6.07, 6.45) is -0.138. The van der Waals surface area contributed by atoms with E-state index in [1.807, 2.05) is 32.0 Å². The van der Waals surface area contributed by atoms with Crippen molar-refractivity contribution in [3.63, 3.8) is 0 Å². The number of benzene rings is 1. The summed E-state index contributed by atoms with van der Waals surface area (Å²) in [5, 5.41) is 22.8. The molecule has 1 amide bonds. The largest absolute Gasteiger partial charge is 0.387 e. The minimum Gasteiger partial charge on any atom is -0.387 e. The van der Waals surface area contributed by atoms with Gasteiger partial charge in [0.1, 0.15) is 12.0 Å². The Morgan fingerprint density at radius 2 is 2.10 bits per heavy atom. The number of rotatable bonds is 8. The lowest BCUT2D eigenvalue weighted by Gasteiger charge is -2.23.